The van der Waals surface area contributed by atoms with E-state index in [9.17, 15) is 4.79 Å². The zero-order valence-corrected chi connectivity index (χ0v) is 18.9. The van der Waals surface area contributed by atoms with E-state index >= 15 is 0 Å². The van der Waals surface area contributed by atoms with E-state index in [1.807, 2.05) is 6.92 Å². The fraction of sp³-hybridized carbons (Fsp3) is 0.381. The highest BCUT2D eigenvalue weighted by Gasteiger charge is 2.42. The molecule has 1 amide bonds. The standard InChI is InChI=1S/C21H20ClN5O4S/c1-9-5-12(11-7-16(22)24-8-15(11)29-2)17(19(23)28)18(25-9)20-26-27-21(32-20)31-14-6-10-3-4-13(14)30-10/h5,7-8,10,13-14H,3-4,6H2,1-2H3,(H2,23,28)/t10-,13+,14-/m1/s1. The van der Waals surface area contributed by atoms with Gasteiger partial charge in [0.15, 0.2) is 5.01 Å². The van der Waals surface area contributed by atoms with Crippen molar-refractivity contribution < 1.29 is 19.0 Å². The predicted octanol–water partition coefficient (Wildman–Crippen LogP) is 3.43. The van der Waals surface area contributed by atoms with Gasteiger partial charge in [0.05, 0.1) is 31.1 Å². The Morgan fingerprint density at radius 1 is 1.28 bits per heavy atom. The van der Waals surface area contributed by atoms with Crippen LogP contribution in [0.25, 0.3) is 21.8 Å². The van der Waals surface area contributed by atoms with Gasteiger partial charge < -0.3 is 19.9 Å². The maximum absolute atomic E-state index is 12.6. The number of primary amides is 1. The van der Waals surface area contributed by atoms with Crippen molar-refractivity contribution in [2.45, 2.75) is 44.5 Å². The number of carbonyl (C=O) groups is 1. The smallest absolute Gasteiger partial charge is 0.294 e. The lowest BCUT2D eigenvalue weighted by molar-refractivity contribution is 0.0636. The Bertz CT molecular complexity index is 1200. The summed E-state index contributed by atoms with van der Waals surface area (Å²) >= 11 is 7.34. The zero-order valence-electron chi connectivity index (χ0n) is 17.4. The molecule has 32 heavy (non-hydrogen) atoms. The van der Waals surface area contributed by atoms with Crippen LogP contribution in [-0.2, 0) is 4.74 Å². The third-order valence-corrected chi connectivity index (χ3v) is 6.68. The third-order valence-electron chi connectivity index (χ3n) is 5.65. The molecule has 2 aliphatic rings. The van der Waals surface area contributed by atoms with Crippen LogP contribution in [0, 0.1) is 6.92 Å². The highest BCUT2D eigenvalue weighted by molar-refractivity contribution is 7.16. The second-order valence-electron chi connectivity index (χ2n) is 7.75. The van der Waals surface area contributed by atoms with Crippen LogP contribution < -0.4 is 15.2 Å². The molecule has 2 aliphatic heterocycles. The molecule has 166 valence electrons. The number of carbonyl (C=O) groups excluding carboxylic acids is 1. The molecule has 3 aromatic heterocycles. The molecule has 5 rings (SSSR count). The number of ether oxygens (including phenoxy) is 3. The number of nitrogens with two attached hydrogens (primary N) is 1. The lowest BCUT2D eigenvalue weighted by Crippen LogP contribution is -2.28. The number of hydrogen-bond acceptors (Lipinski definition) is 9. The Kier molecular flexibility index (Phi) is 5.44. The third kappa shape index (κ3) is 3.78. The van der Waals surface area contributed by atoms with E-state index in [2.05, 4.69) is 20.2 Å². The van der Waals surface area contributed by atoms with Crippen LogP contribution in [0.1, 0.15) is 35.3 Å². The van der Waals surface area contributed by atoms with Crippen molar-refractivity contribution in [2.24, 2.45) is 5.73 Å². The summed E-state index contributed by atoms with van der Waals surface area (Å²) in [4.78, 5) is 21.2. The van der Waals surface area contributed by atoms with Gasteiger partial charge in [-0.3, -0.25) is 4.79 Å². The Balaban J connectivity index is 1.56. The minimum absolute atomic E-state index is 0.0330. The molecule has 3 atom stereocenters. The summed E-state index contributed by atoms with van der Waals surface area (Å²) in [6.45, 7) is 1.82. The maximum atomic E-state index is 12.6. The Morgan fingerprint density at radius 2 is 2.12 bits per heavy atom. The molecule has 2 bridgehead atoms. The molecule has 2 saturated heterocycles. The van der Waals surface area contributed by atoms with E-state index in [1.165, 1.54) is 24.6 Å². The van der Waals surface area contributed by atoms with Crippen LogP contribution in [0.4, 0.5) is 0 Å². The molecular weight excluding hydrogens is 454 g/mol. The van der Waals surface area contributed by atoms with E-state index < -0.39 is 5.91 Å². The van der Waals surface area contributed by atoms with Crippen molar-refractivity contribution in [3.8, 4) is 32.8 Å². The van der Waals surface area contributed by atoms with Gasteiger partial charge in [0.2, 0.25) is 0 Å². The second-order valence-corrected chi connectivity index (χ2v) is 9.07. The van der Waals surface area contributed by atoms with Crippen molar-refractivity contribution >= 4 is 28.8 Å². The van der Waals surface area contributed by atoms with Crippen molar-refractivity contribution in [3.05, 3.63) is 34.7 Å². The van der Waals surface area contributed by atoms with Crippen LogP contribution in [-0.4, -0.2) is 51.5 Å². The van der Waals surface area contributed by atoms with E-state index in [-0.39, 0.29) is 29.0 Å². The molecular formula is C21H20ClN5O4S. The van der Waals surface area contributed by atoms with Crippen LogP contribution in [0.5, 0.6) is 10.9 Å². The van der Waals surface area contributed by atoms with Crippen LogP contribution in [0.3, 0.4) is 0 Å². The van der Waals surface area contributed by atoms with E-state index in [0.717, 1.165) is 19.3 Å². The number of amides is 1. The van der Waals surface area contributed by atoms with E-state index in [1.54, 1.807) is 12.1 Å². The summed E-state index contributed by atoms with van der Waals surface area (Å²) < 4.78 is 17.3. The summed E-state index contributed by atoms with van der Waals surface area (Å²) in [6.07, 6.45) is 4.74. The van der Waals surface area contributed by atoms with Gasteiger partial charge in [0, 0.05) is 23.2 Å². The summed E-state index contributed by atoms with van der Waals surface area (Å²) in [5, 5.41) is 9.49. The lowest BCUT2D eigenvalue weighted by atomic mass is 9.97. The number of rotatable bonds is 6. The quantitative estimate of drug-likeness (QED) is 0.540. The second kappa shape index (κ2) is 8.27. The van der Waals surface area contributed by atoms with Gasteiger partial charge >= 0.3 is 0 Å². The fourth-order valence-electron chi connectivity index (χ4n) is 4.28. The number of aromatic nitrogens is 4. The minimum Gasteiger partial charge on any atom is -0.494 e. The first kappa shape index (κ1) is 21.0. The van der Waals surface area contributed by atoms with Gasteiger partial charge in [-0.1, -0.05) is 28.0 Å². The number of halogens is 1. The fourth-order valence-corrected chi connectivity index (χ4v) is 5.18. The minimum atomic E-state index is -0.656. The van der Waals surface area contributed by atoms with Crippen LogP contribution in [0.15, 0.2) is 18.3 Å². The van der Waals surface area contributed by atoms with Crippen molar-refractivity contribution in [3.63, 3.8) is 0 Å². The molecule has 0 aliphatic carbocycles. The number of aryl methyl sites for hydroxylation is 1. The molecule has 3 aromatic rings. The van der Waals surface area contributed by atoms with Gasteiger partial charge in [-0.25, -0.2) is 9.97 Å². The number of fused-ring (bicyclic) bond motifs is 2. The highest BCUT2D eigenvalue weighted by atomic mass is 35.5. The first-order chi connectivity index (χ1) is 15.4. The normalized spacial score (nSPS) is 21.7. The summed E-state index contributed by atoms with van der Waals surface area (Å²) in [7, 11) is 1.51. The predicted molar refractivity (Wildman–Crippen MR) is 118 cm³/mol. The molecule has 5 heterocycles. The number of pyridine rings is 2. The molecule has 11 heteroatoms. The van der Waals surface area contributed by atoms with Crippen molar-refractivity contribution in [2.75, 3.05) is 7.11 Å². The van der Waals surface area contributed by atoms with Gasteiger partial charge in [-0.05, 0) is 31.9 Å². The molecule has 2 fully saturated rings. The van der Waals surface area contributed by atoms with Gasteiger partial charge in [-0.15, -0.1) is 5.10 Å². The van der Waals surface area contributed by atoms with Gasteiger partial charge in [0.1, 0.15) is 22.7 Å². The Labute approximate surface area is 192 Å². The summed E-state index contributed by atoms with van der Waals surface area (Å²) in [5.41, 5.74) is 8.09. The Morgan fingerprint density at radius 3 is 2.81 bits per heavy atom. The first-order valence-corrected chi connectivity index (χ1v) is 11.3. The summed E-state index contributed by atoms with van der Waals surface area (Å²) in [6, 6.07) is 3.37. The average Bonchev–Trinajstić information content (AvgIpc) is 3.50. The van der Waals surface area contributed by atoms with Crippen LogP contribution >= 0.6 is 22.9 Å². The highest BCUT2D eigenvalue weighted by Crippen LogP contribution is 2.40. The SMILES string of the molecule is COc1cnc(Cl)cc1-c1cc(C)nc(-c2nnc(O[C@@H]3C[C@H]4CC[C@@H]3O4)s2)c1C(N)=O. The maximum Gasteiger partial charge on any atom is 0.294 e. The molecule has 0 aromatic carbocycles. The lowest BCUT2D eigenvalue weighted by Gasteiger charge is -2.17. The number of methoxy groups -OCH3 is 1. The van der Waals surface area contributed by atoms with Crippen molar-refractivity contribution in [1.29, 1.82) is 0 Å². The van der Waals surface area contributed by atoms with Gasteiger partial charge in [-0.2, -0.15) is 0 Å². The zero-order chi connectivity index (χ0) is 22.4. The van der Waals surface area contributed by atoms with Gasteiger partial charge in [0.25, 0.3) is 11.1 Å². The molecule has 9 nitrogen and oxygen atoms in total. The molecule has 0 spiro atoms. The van der Waals surface area contributed by atoms with Crippen molar-refractivity contribution in [1.82, 2.24) is 20.2 Å². The molecule has 0 unspecified atom stereocenters. The topological polar surface area (TPSA) is 122 Å². The largest absolute Gasteiger partial charge is 0.494 e. The van der Waals surface area contributed by atoms with E-state index in [0.29, 0.717) is 38.5 Å². The number of hydrogen-bond donors (Lipinski definition) is 1. The van der Waals surface area contributed by atoms with Crippen LogP contribution in [0.2, 0.25) is 5.15 Å². The monoisotopic (exact) mass is 473 g/mol. The first-order valence-electron chi connectivity index (χ1n) is 10.1. The Hall–Kier alpha value is -2.82. The molecule has 0 saturated carbocycles. The number of nitrogens with zero attached hydrogens (tertiary/aromatic N) is 4. The average molecular weight is 474 g/mol. The summed E-state index contributed by atoms with van der Waals surface area (Å²) in [5.74, 6) is -0.206. The van der Waals surface area contributed by atoms with E-state index in [4.69, 9.17) is 31.5 Å². The molecule has 2 N–H and O–H groups in total. The molecule has 0 radical (unpaired) electrons.